The SMILES string of the molecule is CC1(C)OB(c2[nH]c(=O)ccc2C2CCC2)OC1(C)C. The minimum Gasteiger partial charge on any atom is -0.398 e. The highest BCUT2D eigenvalue weighted by Gasteiger charge is 2.53. The van der Waals surface area contributed by atoms with Gasteiger partial charge in [-0.2, -0.15) is 0 Å². The minimum atomic E-state index is -0.482. The molecule has 5 heteroatoms. The maximum atomic E-state index is 11.7. The highest BCUT2D eigenvalue weighted by atomic mass is 16.7. The van der Waals surface area contributed by atoms with E-state index in [0.29, 0.717) is 5.92 Å². The molecule has 4 nitrogen and oxygen atoms in total. The fourth-order valence-corrected chi connectivity index (χ4v) is 2.73. The van der Waals surface area contributed by atoms with E-state index in [4.69, 9.17) is 9.31 Å². The molecule has 0 bridgehead atoms. The molecule has 1 saturated carbocycles. The van der Waals surface area contributed by atoms with Crippen molar-refractivity contribution in [3.63, 3.8) is 0 Å². The number of rotatable bonds is 2. The van der Waals surface area contributed by atoms with Crippen LogP contribution in [0.5, 0.6) is 0 Å². The van der Waals surface area contributed by atoms with Gasteiger partial charge in [0.2, 0.25) is 5.56 Å². The number of H-pyrrole nitrogens is 1. The number of aromatic nitrogens is 1. The number of hydrogen-bond acceptors (Lipinski definition) is 3. The fraction of sp³-hybridized carbons (Fsp3) is 0.667. The second-order valence-corrected chi connectivity index (χ2v) is 6.91. The lowest BCUT2D eigenvalue weighted by Crippen LogP contribution is -2.43. The van der Waals surface area contributed by atoms with E-state index in [1.165, 1.54) is 24.8 Å². The molecule has 1 N–H and O–H groups in total. The fourth-order valence-electron chi connectivity index (χ4n) is 2.73. The second-order valence-electron chi connectivity index (χ2n) is 6.91. The minimum absolute atomic E-state index is 0.0993. The van der Waals surface area contributed by atoms with Crippen LogP contribution in [0.1, 0.15) is 58.4 Å². The number of nitrogens with one attached hydrogen (secondary N) is 1. The molecule has 0 amide bonds. The van der Waals surface area contributed by atoms with Gasteiger partial charge in [0.1, 0.15) is 0 Å². The molecule has 1 aromatic rings. The van der Waals surface area contributed by atoms with Gasteiger partial charge >= 0.3 is 7.12 Å². The average Bonchev–Trinajstić information content (AvgIpc) is 2.48. The van der Waals surface area contributed by atoms with Crippen molar-refractivity contribution in [3.05, 3.63) is 28.0 Å². The molecule has 1 aromatic heterocycles. The Hall–Kier alpha value is -1.07. The average molecular weight is 275 g/mol. The van der Waals surface area contributed by atoms with Gasteiger partial charge in [-0.25, -0.2) is 0 Å². The van der Waals surface area contributed by atoms with Crippen molar-refractivity contribution in [2.45, 2.75) is 64.1 Å². The Morgan fingerprint density at radius 2 is 1.75 bits per heavy atom. The molecule has 0 aromatic carbocycles. The third-order valence-electron chi connectivity index (χ3n) is 5.02. The predicted octanol–water partition coefficient (Wildman–Crippen LogP) is 1.94. The Balaban J connectivity index is 1.98. The van der Waals surface area contributed by atoms with Crippen LogP contribution in [-0.2, 0) is 9.31 Å². The monoisotopic (exact) mass is 275 g/mol. The quantitative estimate of drug-likeness (QED) is 0.839. The first-order valence-corrected chi connectivity index (χ1v) is 7.39. The summed E-state index contributed by atoms with van der Waals surface area (Å²) in [5.74, 6) is 0.529. The van der Waals surface area contributed by atoms with Crippen LogP contribution in [0.4, 0.5) is 0 Å². The van der Waals surface area contributed by atoms with Crippen LogP contribution in [0.25, 0.3) is 0 Å². The Labute approximate surface area is 120 Å². The van der Waals surface area contributed by atoms with Gasteiger partial charge in [0.25, 0.3) is 0 Å². The lowest BCUT2D eigenvalue weighted by molar-refractivity contribution is 0.00578. The molecular formula is C15H22BNO3. The first kappa shape index (κ1) is 13.9. The smallest absolute Gasteiger partial charge is 0.398 e. The largest absolute Gasteiger partial charge is 0.512 e. The Morgan fingerprint density at radius 1 is 1.15 bits per heavy atom. The molecule has 1 saturated heterocycles. The van der Waals surface area contributed by atoms with Crippen molar-refractivity contribution in [2.75, 3.05) is 0 Å². The summed E-state index contributed by atoms with van der Waals surface area (Å²) in [6, 6.07) is 3.53. The van der Waals surface area contributed by atoms with Gasteiger partial charge in [-0.15, -0.1) is 0 Å². The van der Waals surface area contributed by atoms with Gasteiger partial charge in [0.15, 0.2) is 0 Å². The van der Waals surface area contributed by atoms with Crippen molar-refractivity contribution >= 4 is 12.7 Å². The lowest BCUT2D eigenvalue weighted by Gasteiger charge is -2.32. The molecule has 2 heterocycles. The molecule has 0 unspecified atom stereocenters. The van der Waals surface area contributed by atoms with E-state index in [9.17, 15) is 4.79 Å². The summed E-state index contributed by atoms with van der Waals surface area (Å²) in [5, 5.41) is 0. The van der Waals surface area contributed by atoms with Gasteiger partial charge in [-0.3, -0.25) is 4.79 Å². The third kappa shape index (κ3) is 2.13. The Morgan fingerprint density at radius 3 is 2.25 bits per heavy atom. The van der Waals surface area contributed by atoms with Crippen LogP contribution in [0, 0.1) is 0 Å². The molecule has 20 heavy (non-hydrogen) atoms. The zero-order valence-electron chi connectivity index (χ0n) is 12.7. The second kappa shape index (κ2) is 4.47. The molecule has 2 fully saturated rings. The summed E-state index contributed by atoms with van der Waals surface area (Å²) in [4.78, 5) is 14.6. The summed E-state index contributed by atoms with van der Waals surface area (Å²) < 4.78 is 12.1. The van der Waals surface area contributed by atoms with E-state index in [2.05, 4.69) is 4.98 Å². The van der Waals surface area contributed by atoms with E-state index in [-0.39, 0.29) is 16.8 Å². The van der Waals surface area contributed by atoms with Gasteiger partial charge in [0, 0.05) is 6.07 Å². The summed E-state index contributed by atoms with van der Waals surface area (Å²) in [6.07, 6.45) is 3.61. The standard InChI is InChI=1S/C15H22BNO3/c1-14(2)15(3,4)20-16(19-14)13-11(10-6-5-7-10)8-9-12(18)17-13/h8-10H,5-7H2,1-4H3,(H,17,18). The maximum absolute atomic E-state index is 11.7. The van der Waals surface area contributed by atoms with E-state index in [1.807, 2.05) is 33.8 Å². The van der Waals surface area contributed by atoms with Crippen LogP contribution >= 0.6 is 0 Å². The Bertz CT molecular complexity index is 559. The van der Waals surface area contributed by atoms with Crippen molar-refractivity contribution in [1.82, 2.24) is 4.98 Å². The van der Waals surface area contributed by atoms with Crippen molar-refractivity contribution in [3.8, 4) is 0 Å². The Kier molecular flexibility index (Phi) is 3.10. The summed E-state index contributed by atoms with van der Waals surface area (Å²) >= 11 is 0. The zero-order valence-corrected chi connectivity index (χ0v) is 12.7. The van der Waals surface area contributed by atoms with Gasteiger partial charge in [-0.05, 0) is 52.0 Å². The van der Waals surface area contributed by atoms with Gasteiger partial charge < -0.3 is 14.3 Å². The highest BCUT2D eigenvalue weighted by molar-refractivity contribution is 6.61. The van der Waals surface area contributed by atoms with Crippen LogP contribution in [0.15, 0.2) is 16.9 Å². The van der Waals surface area contributed by atoms with E-state index >= 15 is 0 Å². The van der Waals surface area contributed by atoms with Gasteiger partial charge in [0.05, 0.1) is 16.8 Å². The van der Waals surface area contributed by atoms with E-state index in [1.54, 1.807) is 6.07 Å². The molecule has 1 aliphatic heterocycles. The predicted molar refractivity (Wildman–Crippen MR) is 79.4 cm³/mol. The molecule has 3 rings (SSSR count). The topological polar surface area (TPSA) is 51.3 Å². The van der Waals surface area contributed by atoms with Crippen molar-refractivity contribution < 1.29 is 9.31 Å². The first-order valence-electron chi connectivity index (χ1n) is 7.39. The first-order chi connectivity index (χ1) is 9.30. The molecule has 2 aliphatic rings. The van der Waals surface area contributed by atoms with Crippen LogP contribution in [-0.4, -0.2) is 23.3 Å². The van der Waals surface area contributed by atoms with Crippen LogP contribution in [0.2, 0.25) is 0 Å². The molecule has 0 radical (unpaired) electrons. The summed E-state index contributed by atoms with van der Waals surface area (Å²) in [7, 11) is -0.482. The summed E-state index contributed by atoms with van der Waals surface area (Å²) in [6.45, 7) is 8.10. The van der Waals surface area contributed by atoms with E-state index in [0.717, 1.165) is 5.59 Å². The molecule has 1 aliphatic carbocycles. The maximum Gasteiger partial charge on any atom is 0.512 e. The highest BCUT2D eigenvalue weighted by Crippen LogP contribution is 2.39. The normalized spacial score (nSPS) is 24.7. The number of pyridine rings is 1. The lowest BCUT2D eigenvalue weighted by atomic mass is 9.71. The van der Waals surface area contributed by atoms with Crippen molar-refractivity contribution in [2.24, 2.45) is 0 Å². The molecular weight excluding hydrogens is 253 g/mol. The molecule has 0 atom stereocenters. The molecule has 0 spiro atoms. The van der Waals surface area contributed by atoms with Crippen LogP contribution in [0.3, 0.4) is 0 Å². The molecule has 108 valence electrons. The van der Waals surface area contributed by atoms with E-state index < -0.39 is 7.12 Å². The van der Waals surface area contributed by atoms with Crippen LogP contribution < -0.4 is 11.2 Å². The van der Waals surface area contributed by atoms with Crippen molar-refractivity contribution in [1.29, 1.82) is 0 Å². The number of aromatic amines is 1. The summed E-state index contributed by atoms with van der Waals surface area (Å²) in [5.41, 5.74) is 1.11. The van der Waals surface area contributed by atoms with Gasteiger partial charge in [-0.1, -0.05) is 12.5 Å². The zero-order chi connectivity index (χ0) is 14.5. The third-order valence-corrected chi connectivity index (χ3v) is 5.02. The number of hydrogen-bond donors (Lipinski definition) is 1.